The zero-order valence-electron chi connectivity index (χ0n) is 9.02. The Balaban J connectivity index is 1.80. The zero-order valence-corrected chi connectivity index (χ0v) is 9.77. The van der Waals surface area contributed by atoms with Crippen LogP contribution in [0.5, 0.6) is 0 Å². The lowest BCUT2D eigenvalue weighted by Gasteiger charge is -2.46. The molecule has 5 heteroatoms. The van der Waals surface area contributed by atoms with Crippen LogP contribution < -0.4 is 0 Å². The molecule has 0 aromatic rings. The molecule has 0 atom stereocenters. The fourth-order valence-corrected chi connectivity index (χ4v) is 2.05. The van der Waals surface area contributed by atoms with E-state index >= 15 is 0 Å². The minimum atomic E-state index is -0.194. The smallest absolute Gasteiger partial charge is 0.171 e. The van der Waals surface area contributed by atoms with Gasteiger partial charge in [-0.05, 0) is 26.7 Å². The van der Waals surface area contributed by atoms with Crippen molar-refractivity contribution in [3.8, 4) is 0 Å². The van der Waals surface area contributed by atoms with E-state index in [1.54, 1.807) is 0 Å². The molecule has 0 spiro atoms. The van der Waals surface area contributed by atoms with Crippen molar-refractivity contribution in [1.29, 1.82) is 0 Å². The second-order valence-corrected chi connectivity index (χ2v) is 4.29. The van der Waals surface area contributed by atoms with Gasteiger partial charge in [0.15, 0.2) is 25.2 Å². The predicted octanol–water partition coefficient (Wildman–Crippen LogP) is 2.06. The van der Waals surface area contributed by atoms with Gasteiger partial charge in [0, 0.05) is 5.88 Å². The third-order valence-electron chi connectivity index (χ3n) is 2.67. The molecule has 15 heavy (non-hydrogen) atoms. The van der Waals surface area contributed by atoms with Crippen molar-refractivity contribution < 1.29 is 18.9 Å². The van der Waals surface area contributed by atoms with Crippen molar-refractivity contribution in [2.24, 2.45) is 5.92 Å². The van der Waals surface area contributed by atoms with Crippen molar-refractivity contribution in [2.45, 2.75) is 51.8 Å². The van der Waals surface area contributed by atoms with Gasteiger partial charge in [0.05, 0.1) is 5.92 Å². The molecule has 2 aliphatic rings. The molecule has 0 saturated carbocycles. The Bertz CT molecular complexity index is 184. The molecular weight excluding hydrogens is 220 g/mol. The maximum absolute atomic E-state index is 5.67. The highest BCUT2D eigenvalue weighted by Crippen LogP contribution is 2.35. The molecule has 0 aromatic heterocycles. The number of rotatable bonds is 5. The fourth-order valence-electron chi connectivity index (χ4n) is 1.89. The van der Waals surface area contributed by atoms with Crippen LogP contribution in [0, 0.1) is 5.92 Å². The highest BCUT2D eigenvalue weighted by Gasteiger charge is 2.44. The molecular formula is C10H17ClO4. The van der Waals surface area contributed by atoms with Crippen LogP contribution in [0.1, 0.15) is 26.7 Å². The first-order valence-electron chi connectivity index (χ1n) is 5.38. The van der Waals surface area contributed by atoms with Gasteiger partial charge in [0.1, 0.15) is 0 Å². The van der Waals surface area contributed by atoms with Gasteiger partial charge in [-0.3, -0.25) is 0 Å². The summed E-state index contributed by atoms with van der Waals surface area (Å²) in [6.45, 7) is 3.75. The maximum atomic E-state index is 5.67. The molecule has 0 bridgehead atoms. The summed E-state index contributed by atoms with van der Waals surface area (Å²) in [7, 11) is 0. The maximum Gasteiger partial charge on any atom is 0.171 e. The monoisotopic (exact) mass is 236 g/mol. The second-order valence-electron chi connectivity index (χ2n) is 3.91. The molecule has 2 aliphatic heterocycles. The van der Waals surface area contributed by atoms with Crippen molar-refractivity contribution in [2.75, 3.05) is 5.88 Å². The highest BCUT2D eigenvalue weighted by molar-refractivity contribution is 6.17. The average Bonchev–Trinajstić information content (AvgIpc) is 2.12. The minimum absolute atomic E-state index is 0.106. The van der Waals surface area contributed by atoms with Gasteiger partial charge in [-0.15, -0.1) is 11.6 Å². The van der Waals surface area contributed by atoms with E-state index in [0.717, 1.165) is 12.8 Å². The largest absolute Gasteiger partial charge is 0.323 e. The first-order chi connectivity index (χ1) is 7.20. The number of hydrogen-bond acceptors (Lipinski definition) is 4. The lowest BCUT2D eigenvalue weighted by Crippen LogP contribution is -2.54. The summed E-state index contributed by atoms with van der Waals surface area (Å²) in [6, 6.07) is 0. The van der Waals surface area contributed by atoms with Crippen LogP contribution in [0.25, 0.3) is 0 Å². The lowest BCUT2D eigenvalue weighted by molar-refractivity contribution is -0.454. The van der Waals surface area contributed by atoms with Gasteiger partial charge < -0.3 is 18.9 Å². The first kappa shape index (κ1) is 11.6. The van der Waals surface area contributed by atoms with E-state index in [9.17, 15) is 0 Å². The number of hydrogen-bond donors (Lipinski definition) is 0. The molecule has 0 aliphatic carbocycles. The van der Waals surface area contributed by atoms with Crippen molar-refractivity contribution in [1.82, 2.24) is 0 Å². The van der Waals surface area contributed by atoms with E-state index in [1.165, 1.54) is 0 Å². The van der Waals surface area contributed by atoms with E-state index in [1.807, 2.05) is 13.8 Å². The molecule has 2 fully saturated rings. The topological polar surface area (TPSA) is 36.9 Å². The summed E-state index contributed by atoms with van der Waals surface area (Å²) in [5, 5.41) is 0. The Morgan fingerprint density at radius 3 is 1.80 bits per heavy atom. The predicted molar refractivity (Wildman–Crippen MR) is 54.3 cm³/mol. The van der Waals surface area contributed by atoms with Crippen molar-refractivity contribution in [3.63, 3.8) is 0 Å². The van der Waals surface area contributed by atoms with Gasteiger partial charge in [-0.25, -0.2) is 0 Å². The van der Waals surface area contributed by atoms with E-state index in [0.29, 0.717) is 5.88 Å². The van der Waals surface area contributed by atoms with Crippen LogP contribution in [0.3, 0.4) is 0 Å². The molecule has 0 radical (unpaired) electrons. The molecule has 88 valence electrons. The first-order valence-corrected chi connectivity index (χ1v) is 5.92. The van der Waals surface area contributed by atoms with Crippen LogP contribution in [0.4, 0.5) is 0 Å². The molecule has 2 saturated heterocycles. The van der Waals surface area contributed by atoms with Crippen LogP contribution in [0.15, 0.2) is 0 Å². The number of halogens is 1. The molecule has 4 nitrogen and oxygen atoms in total. The molecule has 2 rings (SSSR count). The molecule has 0 amide bonds. The number of alkyl halides is 1. The summed E-state index contributed by atoms with van der Waals surface area (Å²) in [4.78, 5) is 0. The quantitative estimate of drug-likeness (QED) is 0.685. The molecule has 2 heterocycles. The fraction of sp³-hybridized carbons (Fsp3) is 1.00. The van der Waals surface area contributed by atoms with E-state index < -0.39 is 0 Å². The number of ether oxygens (including phenoxy) is 4. The van der Waals surface area contributed by atoms with Gasteiger partial charge in [-0.2, -0.15) is 0 Å². The summed E-state index contributed by atoms with van der Waals surface area (Å²) in [5.41, 5.74) is 0. The van der Waals surface area contributed by atoms with E-state index in [-0.39, 0.29) is 31.1 Å². The molecule has 0 N–H and O–H groups in total. The standard InChI is InChI=1S/C10H17ClO4/c1-6-12-9(13-6)8(4-3-5-11)10-14-7(2)15-10/h6-10H,3-5H2,1-2H3. The van der Waals surface area contributed by atoms with Gasteiger partial charge in [0.2, 0.25) is 0 Å². The van der Waals surface area contributed by atoms with Crippen LogP contribution in [-0.4, -0.2) is 31.0 Å². The van der Waals surface area contributed by atoms with Gasteiger partial charge in [0.25, 0.3) is 0 Å². The van der Waals surface area contributed by atoms with Crippen LogP contribution in [-0.2, 0) is 18.9 Å². The van der Waals surface area contributed by atoms with Gasteiger partial charge in [-0.1, -0.05) is 0 Å². The summed E-state index contributed by atoms with van der Waals surface area (Å²) >= 11 is 5.67. The summed E-state index contributed by atoms with van der Waals surface area (Å²) < 4.78 is 21.9. The van der Waals surface area contributed by atoms with Gasteiger partial charge >= 0.3 is 0 Å². The third kappa shape index (κ3) is 2.63. The average molecular weight is 237 g/mol. The Labute approximate surface area is 94.8 Å². The van der Waals surface area contributed by atoms with E-state index in [4.69, 9.17) is 30.5 Å². The van der Waals surface area contributed by atoms with Crippen LogP contribution in [0.2, 0.25) is 0 Å². The van der Waals surface area contributed by atoms with Crippen molar-refractivity contribution in [3.05, 3.63) is 0 Å². The molecule has 0 aromatic carbocycles. The van der Waals surface area contributed by atoms with E-state index in [2.05, 4.69) is 0 Å². The highest BCUT2D eigenvalue weighted by atomic mass is 35.5. The lowest BCUT2D eigenvalue weighted by atomic mass is 10.0. The Kier molecular flexibility index (Phi) is 3.85. The summed E-state index contributed by atoms with van der Waals surface area (Å²) in [5.74, 6) is 0.775. The Hall–Kier alpha value is 0.130. The Morgan fingerprint density at radius 1 is 1.00 bits per heavy atom. The normalized spacial score (nSPS) is 41.8. The third-order valence-corrected chi connectivity index (χ3v) is 2.94. The van der Waals surface area contributed by atoms with Crippen LogP contribution >= 0.6 is 11.6 Å². The SMILES string of the molecule is CC1OC(C(CCCCl)C2OC(C)O2)O1. The summed E-state index contributed by atoms with van der Waals surface area (Å²) in [6.07, 6.45) is 1.22. The second kappa shape index (κ2) is 4.97. The molecule has 0 unspecified atom stereocenters. The zero-order chi connectivity index (χ0) is 10.8. The van der Waals surface area contributed by atoms with Crippen molar-refractivity contribution >= 4 is 11.6 Å². The minimum Gasteiger partial charge on any atom is -0.323 e. The Morgan fingerprint density at radius 2 is 1.47 bits per heavy atom.